The number of ether oxygens (including phenoxy) is 1. The third-order valence-corrected chi connectivity index (χ3v) is 5.07. The van der Waals surface area contributed by atoms with Crippen LogP contribution in [0.15, 0.2) is 79.1 Å². The first-order valence-corrected chi connectivity index (χ1v) is 10.7. The van der Waals surface area contributed by atoms with E-state index in [-0.39, 0.29) is 5.91 Å². The standard InChI is InChI=1S/C26H25N5O2/c1-17(2)18-9-11-20(12-10-18)30-24(32)19-6-4-7-21(16-19)33-25-22(8-5-14-28-25)23-13-15-29-26(27-3)31-23/h4-17H,1-3H3,(H,30,32)(H,27,29,31). The average molecular weight is 440 g/mol. The summed E-state index contributed by atoms with van der Waals surface area (Å²) in [4.78, 5) is 25.8. The Morgan fingerprint density at radius 1 is 0.939 bits per heavy atom. The summed E-state index contributed by atoms with van der Waals surface area (Å²) in [7, 11) is 1.76. The van der Waals surface area contributed by atoms with Crippen molar-refractivity contribution in [3.63, 3.8) is 0 Å². The van der Waals surface area contributed by atoms with Gasteiger partial charge in [-0.1, -0.05) is 32.0 Å². The lowest BCUT2D eigenvalue weighted by atomic mass is 10.0. The molecule has 0 bridgehead atoms. The molecule has 0 saturated heterocycles. The van der Waals surface area contributed by atoms with E-state index in [1.807, 2.05) is 36.4 Å². The molecule has 2 heterocycles. The first-order valence-electron chi connectivity index (χ1n) is 10.7. The molecule has 0 spiro atoms. The lowest BCUT2D eigenvalue weighted by Gasteiger charge is -2.12. The molecule has 0 aliphatic carbocycles. The average Bonchev–Trinajstić information content (AvgIpc) is 2.85. The molecule has 0 unspecified atom stereocenters. The molecule has 4 rings (SSSR count). The zero-order valence-electron chi connectivity index (χ0n) is 18.7. The van der Waals surface area contributed by atoms with Gasteiger partial charge in [0.1, 0.15) is 5.75 Å². The van der Waals surface area contributed by atoms with E-state index in [1.54, 1.807) is 49.8 Å². The molecule has 1 amide bonds. The van der Waals surface area contributed by atoms with Crippen molar-refractivity contribution in [2.45, 2.75) is 19.8 Å². The van der Waals surface area contributed by atoms with E-state index in [1.165, 1.54) is 5.56 Å². The molecule has 4 aromatic rings. The van der Waals surface area contributed by atoms with Gasteiger partial charge >= 0.3 is 0 Å². The molecule has 7 nitrogen and oxygen atoms in total. The Kier molecular flexibility index (Phi) is 6.59. The Morgan fingerprint density at radius 2 is 1.76 bits per heavy atom. The van der Waals surface area contributed by atoms with Gasteiger partial charge in [-0.3, -0.25) is 4.79 Å². The summed E-state index contributed by atoms with van der Waals surface area (Å²) in [5.74, 6) is 1.61. The number of amides is 1. The smallest absolute Gasteiger partial charge is 0.255 e. The fourth-order valence-corrected chi connectivity index (χ4v) is 3.26. The Morgan fingerprint density at radius 3 is 2.52 bits per heavy atom. The van der Waals surface area contributed by atoms with Gasteiger partial charge in [0.05, 0.1) is 11.3 Å². The van der Waals surface area contributed by atoms with Crippen molar-refractivity contribution in [3.8, 4) is 22.9 Å². The van der Waals surface area contributed by atoms with Crippen LogP contribution in [0, 0.1) is 0 Å². The summed E-state index contributed by atoms with van der Waals surface area (Å²) in [5.41, 5.74) is 3.84. The fraction of sp³-hybridized carbons (Fsp3) is 0.154. The van der Waals surface area contributed by atoms with Crippen LogP contribution in [0.1, 0.15) is 35.7 Å². The van der Waals surface area contributed by atoms with Crippen molar-refractivity contribution in [1.82, 2.24) is 15.0 Å². The van der Waals surface area contributed by atoms with Crippen LogP contribution in [-0.2, 0) is 0 Å². The van der Waals surface area contributed by atoms with Gasteiger partial charge in [-0.15, -0.1) is 0 Å². The molecule has 2 aromatic carbocycles. The lowest BCUT2D eigenvalue weighted by molar-refractivity contribution is 0.102. The van der Waals surface area contributed by atoms with E-state index < -0.39 is 0 Å². The van der Waals surface area contributed by atoms with Crippen LogP contribution >= 0.6 is 0 Å². The molecular weight excluding hydrogens is 414 g/mol. The highest BCUT2D eigenvalue weighted by atomic mass is 16.5. The predicted molar refractivity (Wildman–Crippen MR) is 130 cm³/mol. The van der Waals surface area contributed by atoms with Crippen molar-refractivity contribution in [3.05, 3.63) is 90.3 Å². The van der Waals surface area contributed by atoms with Crippen molar-refractivity contribution >= 4 is 17.5 Å². The molecule has 0 fully saturated rings. The Balaban J connectivity index is 1.53. The summed E-state index contributed by atoms with van der Waals surface area (Å²) in [6.07, 6.45) is 3.32. The number of rotatable bonds is 7. The van der Waals surface area contributed by atoms with Gasteiger partial charge in [-0.2, -0.15) is 0 Å². The SMILES string of the molecule is CNc1nccc(-c2cccnc2Oc2cccc(C(=O)Nc3ccc(C(C)C)cc3)c2)n1. The van der Waals surface area contributed by atoms with Crippen LogP contribution in [0.4, 0.5) is 11.6 Å². The van der Waals surface area contributed by atoms with E-state index >= 15 is 0 Å². The number of nitrogens with zero attached hydrogens (tertiary/aromatic N) is 3. The maximum Gasteiger partial charge on any atom is 0.255 e. The Hall–Kier alpha value is -4.26. The zero-order valence-corrected chi connectivity index (χ0v) is 18.7. The number of carbonyl (C=O) groups is 1. The number of aromatic nitrogens is 3. The zero-order chi connectivity index (χ0) is 23.2. The van der Waals surface area contributed by atoms with Crippen LogP contribution in [0.2, 0.25) is 0 Å². The van der Waals surface area contributed by atoms with Crippen LogP contribution in [0.3, 0.4) is 0 Å². The number of carbonyl (C=O) groups excluding carboxylic acids is 1. The quantitative estimate of drug-likeness (QED) is 0.381. The van der Waals surface area contributed by atoms with E-state index in [4.69, 9.17) is 4.74 Å². The summed E-state index contributed by atoms with van der Waals surface area (Å²) in [6.45, 7) is 4.27. The normalized spacial score (nSPS) is 10.7. The first kappa shape index (κ1) is 22.0. The van der Waals surface area contributed by atoms with Gasteiger partial charge in [0, 0.05) is 30.7 Å². The van der Waals surface area contributed by atoms with Gasteiger partial charge in [-0.05, 0) is 60.0 Å². The van der Waals surface area contributed by atoms with Gasteiger partial charge < -0.3 is 15.4 Å². The second-order valence-electron chi connectivity index (χ2n) is 7.73. The van der Waals surface area contributed by atoms with E-state index in [9.17, 15) is 4.79 Å². The van der Waals surface area contributed by atoms with Gasteiger partial charge in [0.2, 0.25) is 11.8 Å². The molecule has 2 aromatic heterocycles. The summed E-state index contributed by atoms with van der Waals surface area (Å²) in [5, 5.41) is 5.86. The minimum absolute atomic E-state index is 0.214. The Bertz CT molecular complexity index is 1260. The topological polar surface area (TPSA) is 89.0 Å². The molecule has 0 radical (unpaired) electrons. The molecule has 33 heavy (non-hydrogen) atoms. The fourth-order valence-electron chi connectivity index (χ4n) is 3.26. The molecule has 0 aliphatic rings. The third kappa shape index (κ3) is 5.33. The second-order valence-corrected chi connectivity index (χ2v) is 7.73. The number of hydrogen-bond donors (Lipinski definition) is 2. The molecule has 0 saturated carbocycles. The minimum Gasteiger partial charge on any atom is -0.438 e. The molecule has 166 valence electrons. The summed E-state index contributed by atoms with van der Waals surface area (Å²) < 4.78 is 6.05. The van der Waals surface area contributed by atoms with Crippen molar-refractivity contribution < 1.29 is 9.53 Å². The van der Waals surface area contributed by atoms with E-state index in [2.05, 4.69) is 39.4 Å². The van der Waals surface area contributed by atoms with Crippen LogP contribution in [0.5, 0.6) is 11.6 Å². The van der Waals surface area contributed by atoms with Crippen LogP contribution < -0.4 is 15.4 Å². The lowest BCUT2D eigenvalue weighted by Crippen LogP contribution is -2.11. The van der Waals surface area contributed by atoms with E-state index in [0.717, 1.165) is 11.3 Å². The molecule has 0 aliphatic heterocycles. The number of nitrogens with one attached hydrogen (secondary N) is 2. The third-order valence-electron chi connectivity index (χ3n) is 5.07. The predicted octanol–water partition coefficient (Wildman–Crippen LogP) is 5.75. The highest BCUT2D eigenvalue weighted by molar-refractivity contribution is 6.04. The number of hydrogen-bond acceptors (Lipinski definition) is 6. The van der Waals surface area contributed by atoms with Crippen molar-refractivity contribution in [2.75, 3.05) is 17.7 Å². The van der Waals surface area contributed by atoms with Crippen LogP contribution in [-0.4, -0.2) is 27.9 Å². The van der Waals surface area contributed by atoms with E-state index in [0.29, 0.717) is 34.8 Å². The highest BCUT2D eigenvalue weighted by Crippen LogP contribution is 2.31. The molecule has 7 heteroatoms. The van der Waals surface area contributed by atoms with Gasteiger partial charge in [-0.25, -0.2) is 15.0 Å². The maximum atomic E-state index is 12.8. The van der Waals surface area contributed by atoms with Crippen LogP contribution in [0.25, 0.3) is 11.3 Å². The van der Waals surface area contributed by atoms with Gasteiger partial charge in [0.15, 0.2) is 0 Å². The monoisotopic (exact) mass is 439 g/mol. The Labute approximate surface area is 192 Å². The maximum absolute atomic E-state index is 12.8. The first-order chi connectivity index (χ1) is 16.0. The van der Waals surface area contributed by atoms with Crippen molar-refractivity contribution in [1.29, 1.82) is 0 Å². The molecule has 2 N–H and O–H groups in total. The summed E-state index contributed by atoms with van der Waals surface area (Å²) in [6, 6.07) is 20.3. The second kappa shape index (κ2) is 9.91. The summed E-state index contributed by atoms with van der Waals surface area (Å²) >= 11 is 0. The minimum atomic E-state index is -0.214. The molecule has 0 atom stereocenters. The number of pyridine rings is 1. The number of anilines is 2. The molecular formula is C26H25N5O2. The highest BCUT2D eigenvalue weighted by Gasteiger charge is 2.13. The van der Waals surface area contributed by atoms with Crippen molar-refractivity contribution in [2.24, 2.45) is 0 Å². The van der Waals surface area contributed by atoms with Gasteiger partial charge in [0.25, 0.3) is 5.91 Å². The largest absolute Gasteiger partial charge is 0.438 e. The number of benzene rings is 2.